The van der Waals surface area contributed by atoms with Crippen molar-refractivity contribution in [3.63, 3.8) is 0 Å². The van der Waals surface area contributed by atoms with E-state index in [1.807, 2.05) is 4.90 Å². The number of hydrogen-bond donors (Lipinski definition) is 1. The Balaban J connectivity index is 0.00000128. The highest BCUT2D eigenvalue weighted by Gasteiger charge is 2.16. The van der Waals surface area contributed by atoms with Crippen LogP contribution in [-0.2, 0) is 0 Å². The van der Waals surface area contributed by atoms with Gasteiger partial charge in [-0.15, -0.1) is 12.4 Å². The number of nitrogens with one attached hydrogen (secondary N) is 1. The van der Waals surface area contributed by atoms with Crippen LogP contribution in [0, 0.1) is 11.6 Å². The Morgan fingerprint density at radius 1 is 1.12 bits per heavy atom. The zero-order valence-corrected chi connectivity index (χ0v) is 10.9. The van der Waals surface area contributed by atoms with Crippen LogP contribution in [0.4, 0.5) is 14.5 Å². The first-order valence-electron chi connectivity index (χ1n) is 4.78. The minimum absolute atomic E-state index is 0. The maximum Gasteiger partial charge on any atom is 0.149 e. The van der Waals surface area contributed by atoms with Crippen molar-refractivity contribution in [1.29, 1.82) is 0 Å². The van der Waals surface area contributed by atoms with Gasteiger partial charge in [-0.25, -0.2) is 8.78 Å². The van der Waals surface area contributed by atoms with Crippen LogP contribution in [0.3, 0.4) is 0 Å². The summed E-state index contributed by atoms with van der Waals surface area (Å²) in [5, 5.41) is 3.18. The molecule has 0 spiro atoms. The maximum absolute atomic E-state index is 13.5. The monoisotopic (exact) mass is 312 g/mol. The molecule has 1 heterocycles. The Labute approximate surface area is 108 Å². The van der Waals surface area contributed by atoms with Crippen LogP contribution < -0.4 is 10.2 Å². The fourth-order valence-corrected chi connectivity index (χ4v) is 1.99. The molecule has 0 radical (unpaired) electrons. The molecule has 0 aliphatic carbocycles. The fourth-order valence-electron chi connectivity index (χ4n) is 1.66. The van der Waals surface area contributed by atoms with Crippen molar-refractivity contribution in [3.05, 3.63) is 28.2 Å². The predicted octanol–water partition coefficient (Wildman–Crippen LogP) is 2.56. The summed E-state index contributed by atoms with van der Waals surface area (Å²) in [6, 6.07) is 2.41. The van der Waals surface area contributed by atoms with E-state index in [0.29, 0.717) is 10.2 Å². The van der Waals surface area contributed by atoms with Crippen LogP contribution in [0.2, 0.25) is 0 Å². The molecule has 1 aliphatic heterocycles. The highest BCUT2D eigenvalue weighted by Crippen LogP contribution is 2.26. The molecule has 1 saturated heterocycles. The Bertz CT molecular complexity index is 370. The van der Waals surface area contributed by atoms with Gasteiger partial charge in [0, 0.05) is 32.2 Å². The highest BCUT2D eigenvalue weighted by atomic mass is 79.9. The van der Waals surface area contributed by atoms with Crippen LogP contribution in [0.25, 0.3) is 0 Å². The Morgan fingerprint density at radius 3 is 2.38 bits per heavy atom. The van der Waals surface area contributed by atoms with E-state index in [2.05, 4.69) is 21.2 Å². The normalized spacial score (nSPS) is 15.8. The summed E-state index contributed by atoms with van der Waals surface area (Å²) in [5.41, 5.74) is 0.463. The van der Waals surface area contributed by atoms with E-state index >= 15 is 0 Å². The molecule has 0 atom stereocenters. The van der Waals surface area contributed by atoms with Crippen molar-refractivity contribution in [2.24, 2.45) is 0 Å². The summed E-state index contributed by atoms with van der Waals surface area (Å²) >= 11 is 3.06. The summed E-state index contributed by atoms with van der Waals surface area (Å²) < 4.78 is 26.8. The molecule has 90 valence electrons. The number of rotatable bonds is 1. The van der Waals surface area contributed by atoms with Gasteiger partial charge in [-0.2, -0.15) is 0 Å². The molecule has 0 aromatic heterocycles. The minimum atomic E-state index is -0.564. The lowest BCUT2D eigenvalue weighted by atomic mass is 10.2. The molecular formula is C10H12BrClF2N2. The summed E-state index contributed by atoms with van der Waals surface area (Å²) in [6.07, 6.45) is 0. The van der Waals surface area contributed by atoms with Crippen LogP contribution in [-0.4, -0.2) is 26.2 Å². The average Bonchev–Trinajstić information content (AvgIpc) is 2.25. The van der Waals surface area contributed by atoms with Gasteiger partial charge in [0.2, 0.25) is 0 Å². The van der Waals surface area contributed by atoms with Crippen molar-refractivity contribution in [2.75, 3.05) is 31.1 Å². The van der Waals surface area contributed by atoms with E-state index < -0.39 is 11.6 Å². The van der Waals surface area contributed by atoms with E-state index in [0.717, 1.165) is 32.2 Å². The van der Waals surface area contributed by atoms with Crippen molar-refractivity contribution < 1.29 is 8.78 Å². The summed E-state index contributed by atoms with van der Waals surface area (Å²) in [6.45, 7) is 3.15. The lowest BCUT2D eigenvalue weighted by Gasteiger charge is -2.29. The summed E-state index contributed by atoms with van der Waals surface area (Å²) in [4.78, 5) is 1.91. The number of nitrogens with zero attached hydrogens (tertiary/aromatic N) is 1. The lowest BCUT2D eigenvalue weighted by Crippen LogP contribution is -2.43. The van der Waals surface area contributed by atoms with Crippen molar-refractivity contribution in [1.82, 2.24) is 5.32 Å². The first-order chi connectivity index (χ1) is 7.18. The molecular weight excluding hydrogens is 301 g/mol. The molecule has 0 amide bonds. The average molecular weight is 314 g/mol. The second-order valence-corrected chi connectivity index (χ2v) is 4.31. The second kappa shape index (κ2) is 5.80. The molecule has 0 unspecified atom stereocenters. The van der Waals surface area contributed by atoms with Crippen LogP contribution in [0.15, 0.2) is 16.6 Å². The van der Waals surface area contributed by atoms with Crippen LogP contribution in [0.5, 0.6) is 0 Å². The number of halogens is 4. The highest BCUT2D eigenvalue weighted by molar-refractivity contribution is 9.10. The molecule has 1 aliphatic rings. The Hall–Kier alpha value is -0.390. The number of hydrogen-bond acceptors (Lipinski definition) is 2. The molecule has 1 aromatic carbocycles. The van der Waals surface area contributed by atoms with Crippen LogP contribution in [0.1, 0.15) is 0 Å². The van der Waals surface area contributed by atoms with Gasteiger partial charge in [0.05, 0.1) is 10.2 Å². The molecule has 0 saturated carbocycles. The van der Waals surface area contributed by atoms with Gasteiger partial charge in [0.15, 0.2) is 0 Å². The second-order valence-electron chi connectivity index (χ2n) is 3.45. The van der Waals surface area contributed by atoms with E-state index in [4.69, 9.17) is 0 Å². The standard InChI is InChI=1S/C10H11BrF2N2.ClH/c11-7-5-10(9(13)6-8(7)12)15-3-1-14-2-4-15;/h5-6,14H,1-4H2;1H. The molecule has 1 N–H and O–H groups in total. The summed E-state index contributed by atoms with van der Waals surface area (Å²) in [7, 11) is 0. The lowest BCUT2D eigenvalue weighted by molar-refractivity contribution is 0.552. The minimum Gasteiger partial charge on any atom is -0.367 e. The number of piperazine rings is 1. The first kappa shape index (κ1) is 13.7. The van der Waals surface area contributed by atoms with Gasteiger partial charge in [-0.3, -0.25) is 0 Å². The zero-order valence-electron chi connectivity index (χ0n) is 8.47. The van der Waals surface area contributed by atoms with Gasteiger partial charge in [-0.1, -0.05) is 0 Å². The molecule has 2 nitrogen and oxygen atoms in total. The molecule has 0 bridgehead atoms. The van der Waals surface area contributed by atoms with Crippen molar-refractivity contribution in [2.45, 2.75) is 0 Å². The molecule has 1 fully saturated rings. The Morgan fingerprint density at radius 2 is 1.75 bits per heavy atom. The third-order valence-electron chi connectivity index (χ3n) is 2.45. The van der Waals surface area contributed by atoms with Gasteiger partial charge in [0.1, 0.15) is 11.6 Å². The van der Waals surface area contributed by atoms with E-state index in [1.54, 1.807) is 0 Å². The molecule has 16 heavy (non-hydrogen) atoms. The Kier molecular flexibility index (Phi) is 4.95. The predicted molar refractivity (Wildman–Crippen MR) is 66.4 cm³/mol. The summed E-state index contributed by atoms with van der Waals surface area (Å²) in [5.74, 6) is -1.07. The third kappa shape index (κ3) is 2.84. The molecule has 2 rings (SSSR count). The van der Waals surface area contributed by atoms with Gasteiger partial charge in [0.25, 0.3) is 0 Å². The SMILES string of the molecule is Cl.Fc1cc(F)c(N2CCNCC2)cc1Br. The topological polar surface area (TPSA) is 15.3 Å². The molecule has 1 aromatic rings. The maximum atomic E-state index is 13.5. The fraction of sp³-hybridized carbons (Fsp3) is 0.400. The van der Waals surface area contributed by atoms with Gasteiger partial charge in [-0.05, 0) is 22.0 Å². The first-order valence-corrected chi connectivity index (χ1v) is 5.58. The third-order valence-corrected chi connectivity index (χ3v) is 3.06. The van der Waals surface area contributed by atoms with E-state index in [-0.39, 0.29) is 12.4 Å². The van der Waals surface area contributed by atoms with E-state index in [1.165, 1.54) is 6.07 Å². The number of anilines is 1. The van der Waals surface area contributed by atoms with Gasteiger partial charge < -0.3 is 10.2 Å². The van der Waals surface area contributed by atoms with Crippen molar-refractivity contribution >= 4 is 34.0 Å². The van der Waals surface area contributed by atoms with Crippen LogP contribution >= 0.6 is 28.3 Å². The van der Waals surface area contributed by atoms with Crippen molar-refractivity contribution in [3.8, 4) is 0 Å². The zero-order chi connectivity index (χ0) is 10.8. The smallest absolute Gasteiger partial charge is 0.149 e. The quantitative estimate of drug-likeness (QED) is 0.802. The van der Waals surface area contributed by atoms with Gasteiger partial charge >= 0.3 is 0 Å². The number of benzene rings is 1. The van der Waals surface area contributed by atoms with E-state index in [9.17, 15) is 8.78 Å². The molecule has 6 heteroatoms. The largest absolute Gasteiger partial charge is 0.367 e.